The maximum absolute atomic E-state index is 15.1. The number of fused-ring (bicyclic) bond motifs is 1. The normalized spacial score (nSPS) is 28.4. The zero-order chi connectivity index (χ0) is 19.8. The highest BCUT2D eigenvalue weighted by Crippen LogP contribution is 2.37. The number of aromatic nitrogens is 1. The lowest BCUT2D eigenvalue weighted by molar-refractivity contribution is -0.130. The molecule has 5 atom stereocenters. The van der Waals surface area contributed by atoms with E-state index < -0.39 is 0 Å². The second-order valence-corrected chi connectivity index (χ2v) is 9.41. The molecule has 0 bridgehead atoms. The Labute approximate surface area is 173 Å². The first-order valence-corrected chi connectivity index (χ1v) is 11.2. The van der Waals surface area contributed by atoms with E-state index in [-0.39, 0.29) is 40.9 Å². The summed E-state index contributed by atoms with van der Waals surface area (Å²) in [7, 11) is 0. The van der Waals surface area contributed by atoms with E-state index in [0.29, 0.717) is 11.5 Å². The van der Waals surface area contributed by atoms with Crippen LogP contribution in [0.4, 0.5) is 10.2 Å². The van der Waals surface area contributed by atoms with Gasteiger partial charge < -0.3 is 10.6 Å². The first-order valence-electron chi connectivity index (χ1n) is 9.82. The molecule has 1 saturated carbocycles. The van der Waals surface area contributed by atoms with Gasteiger partial charge in [0.1, 0.15) is 0 Å². The summed E-state index contributed by atoms with van der Waals surface area (Å²) in [6.45, 7) is 3.90. The van der Waals surface area contributed by atoms with E-state index >= 15 is 4.39 Å². The molecule has 2 aromatic heterocycles. The maximum Gasteiger partial charge on any atom is 0.225 e. The van der Waals surface area contributed by atoms with Crippen molar-refractivity contribution in [3.8, 4) is 11.1 Å². The van der Waals surface area contributed by atoms with Gasteiger partial charge in [0.25, 0.3) is 0 Å². The predicted octanol–water partition coefficient (Wildman–Crippen LogP) is 4.97. The van der Waals surface area contributed by atoms with Gasteiger partial charge in [0, 0.05) is 29.2 Å². The fraction of sp³-hybridized carbons (Fsp3) is 0.524. The number of pyridine rings is 1. The van der Waals surface area contributed by atoms with Crippen LogP contribution in [0.25, 0.3) is 11.1 Å². The van der Waals surface area contributed by atoms with Crippen LogP contribution in [0.2, 0.25) is 0 Å². The van der Waals surface area contributed by atoms with E-state index in [9.17, 15) is 4.79 Å². The molecular weight excluding hydrogens is 397 g/mol. The second-order valence-electron chi connectivity index (χ2n) is 8.05. The van der Waals surface area contributed by atoms with Gasteiger partial charge in [-0.3, -0.25) is 4.79 Å². The number of piperidine rings is 1. The summed E-state index contributed by atoms with van der Waals surface area (Å²) < 4.78 is 15.1. The van der Waals surface area contributed by atoms with Crippen molar-refractivity contribution in [2.75, 3.05) is 5.32 Å². The van der Waals surface area contributed by atoms with Crippen LogP contribution in [0.3, 0.4) is 0 Å². The summed E-state index contributed by atoms with van der Waals surface area (Å²) in [5.41, 5.74) is 2.46. The van der Waals surface area contributed by atoms with Gasteiger partial charge in [-0.2, -0.15) is 11.3 Å². The number of carbonyl (C=O) groups is 1. The molecule has 1 saturated heterocycles. The van der Waals surface area contributed by atoms with Crippen molar-refractivity contribution >= 4 is 34.7 Å². The number of hydrogen-bond acceptors (Lipinski definition) is 4. The molecule has 2 aliphatic rings. The number of aryl methyl sites for hydroxylation is 1. The molecule has 0 aromatic carbocycles. The van der Waals surface area contributed by atoms with E-state index in [0.717, 1.165) is 36.8 Å². The zero-order valence-corrected chi connectivity index (χ0v) is 17.6. The lowest BCUT2D eigenvalue weighted by Gasteiger charge is -2.42. The first-order chi connectivity index (χ1) is 13.4. The molecule has 2 fully saturated rings. The molecule has 1 aliphatic heterocycles. The van der Waals surface area contributed by atoms with Crippen LogP contribution in [0.5, 0.6) is 0 Å². The molecule has 1 aliphatic carbocycles. The number of carbonyl (C=O) groups excluding carboxylic acids is 1. The van der Waals surface area contributed by atoms with E-state index in [1.165, 1.54) is 0 Å². The number of nitrogens with zero attached hydrogens (tertiary/aromatic N) is 1. The summed E-state index contributed by atoms with van der Waals surface area (Å²) in [6, 6.07) is 1.70. The van der Waals surface area contributed by atoms with E-state index in [2.05, 4.69) is 15.6 Å². The smallest absolute Gasteiger partial charge is 0.225 e. The van der Waals surface area contributed by atoms with Crippen molar-refractivity contribution in [3.63, 3.8) is 0 Å². The minimum absolute atomic E-state index is 0.0412. The highest BCUT2D eigenvalue weighted by molar-refractivity contribution is 7.08. The van der Waals surface area contributed by atoms with Crippen LogP contribution in [0.1, 0.15) is 38.2 Å². The minimum atomic E-state index is -0.372. The summed E-state index contributed by atoms with van der Waals surface area (Å²) in [4.78, 5) is 16.8. The van der Waals surface area contributed by atoms with Crippen LogP contribution in [0, 0.1) is 24.6 Å². The number of alkyl halides is 1. The molecule has 0 radical (unpaired) electrons. The SMILES string of the molecule is Cc1cscc1-c1ccnc(N[C@@H](C)C2CC3CC(Cl)CCC3NC2=O)c1F. The lowest BCUT2D eigenvalue weighted by atomic mass is 9.74. The Kier molecular flexibility index (Phi) is 5.61. The third kappa shape index (κ3) is 3.77. The average Bonchev–Trinajstić information content (AvgIpc) is 3.09. The average molecular weight is 422 g/mol. The van der Waals surface area contributed by atoms with Gasteiger partial charge in [-0.1, -0.05) is 0 Å². The Bertz CT molecular complexity index is 873. The largest absolute Gasteiger partial charge is 0.364 e. The lowest BCUT2D eigenvalue weighted by Crippen LogP contribution is -2.55. The topological polar surface area (TPSA) is 54.0 Å². The summed E-state index contributed by atoms with van der Waals surface area (Å²) >= 11 is 7.89. The number of halogens is 2. The number of anilines is 1. The standard InChI is InChI=1S/C21H25ClFN3OS/c1-11-9-28-10-17(11)15-5-6-24-20(19(15)23)25-12(2)16-8-13-7-14(22)3-4-18(13)26-21(16)27/h5-6,9-10,12-14,16,18H,3-4,7-8H2,1-2H3,(H,24,25)(H,26,27)/t12-,13?,14?,16?,18?/m0/s1. The van der Waals surface area contributed by atoms with Crippen molar-refractivity contribution in [1.29, 1.82) is 0 Å². The number of nitrogens with one attached hydrogen (secondary N) is 2. The van der Waals surface area contributed by atoms with Crippen molar-refractivity contribution in [2.24, 2.45) is 11.8 Å². The summed E-state index contributed by atoms with van der Waals surface area (Å²) in [6.07, 6.45) is 5.21. The number of amides is 1. The highest BCUT2D eigenvalue weighted by atomic mass is 35.5. The van der Waals surface area contributed by atoms with E-state index in [4.69, 9.17) is 11.6 Å². The number of rotatable bonds is 4. The van der Waals surface area contributed by atoms with Gasteiger partial charge in [0.2, 0.25) is 5.91 Å². The first kappa shape index (κ1) is 19.6. The third-order valence-corrected chi connectivity index (χ3v) is 7.40. The minimum Gasteiger partial charge on any atom is -0.364 e. The molecule has 2 aromatic rings. The van der Waals surface area contributed by atoms with E-state index in [1.54, 1.807) is 23.6 Å². The van der Waals surface area contributed by atoms with Gasteiger partial charge in [0.15, 0.2) is 11.6 Å². The molecule has 4 nitrogen and oxygen atoms in total. The Morgan fingerprint density at radius 1 is 1.32 bits per heavy atom. The van der Waals surface area contributed by atoms with E-state index in [1.807, 2.05) is 24.6 Å². The second kappa shape index (κ2) is 7.99. The zero-order valence-electron chi connectivity index (χ0n) is 16.0. The van der Waals surface area contributed by atoms with Crippen LogP contribution in [-0.2, 0) is 4.79 Å². The summed E-state index contributed by atoms with van der Waals surface area (Å²) in [5.74, 6) is 0.0316. The van der Waals surface area contributed by atoms with Gasteiger partial charge in [-0.15, -0.1) is 11.6 Å². The number of hydrogen-bond donors (Lipinski definition) is 2. The summed E-state index contributed by atoms with van der Waals surface area (Å²) in [5, 5.41) is 10.5. The molecular formula is C21H25ClFN3OS. The van der Waals surface area contributed by atoms with Gasteiger partial charge in [-0.05, 0) is 73.4 Å². The molecule has 4 rings (SSSR count). The maximum atomic E-state index is 15.1. The van der Waals surface area contributed by atoms with Crippen LogP contribution in [-0.4, -0.2) is 28.4 Å². The van der Waals surface area contributed by atoms with Crippen LogP contribution < -0.4 is 10.6 Å². The Hall–Kier alpha value is -1.66. The van der Waals surface area contributed by atoms with Gasteiger partial charge >= 0.3 is 0 Å². The Morgan fingerprint density at radius 2 is 2.14 bits per heavy atom. The van der Waals surface area contributed by atoms with Crippen LogP contribution in [0.15, 0.2) is 23.0 Å². The molecule has 0 spiro atoms. The molecule has 1 amide bonds. The fourth-order valence-corrected chi connectivity index (χ4v) is 5.72. The monoisotopic (exact) mass is 421 g/mol. The predicted molar refractivity (Wildman–Crippen MR) is 112 cm³/mol. The van der Waals surface area contributed by atoms with Gasteiger partial charge in [0.05, 0.1) is 5.92 Å². The fourth-order valence-electron chi connectivity index (χ4n) is 4.52. The highest BCUT2D eigenvalue weighted by Gasteiger charge is 2.41. The number of thiophene rings is 1. The third-order valence-electron chi connectivity index (χ3n) is 6.14. The molecule has 4 unspecified atom stereocenters. The van der Waals surface area contributed by atoms with Crippen molar-refractivity contribution < 1.29 is 9.18 Å². The van der Waals surface area contributed by atoms with Crippen molar-refractivity contribution in [2.45, 2.75) is 57.0 Å². The molecule has 28 heavy (non-hydrogen) atoms. The van der Waals surface area contributed by atoms with Crippen molar-refractivity contribution in [3.05, 3.63) is 34.4 Å². The quantitative estimate of drug-likeness (QED) is 0.685. The van der Waals surface area contributed by atoms with Crippen LogP contribution >= 0.6 is 22.9 Å². The Morgan fingerprint density at radius 3 is 2.89 bits per heavy atom. The van der Waals surface area contributed by atoms with Gasteiger partial charge in [-0.25, -0.2) is 9.37 Å². The van der Waals surface area contributed by atoms with Crippen molar-refractivity contribution in [1.82, 2.24) is 10.3 Å². The molecule has 7 heteroatoms. The molecule has 3 heterocycles. The molecule has 2 N–H and O–H groups in total. The Balaban J connectivity index is 1.51. The molecule has 150 valence electrons.